The molecular weight excluding hydrogens is 461 g/mol. The summed E-state index contributed by atoms with van der Waals surface area (Å²) in [6.45, 7) is 3.08. The fourth-order valence-corrected chi connectivity index (χ4v) is 6.60. The van der Waals surface area contributed by atoms with Crippen molar-refractivity contribution in [1.82, 2.24) is 4.90 Å². The molecule has 1 aromatic rings. The molecule has 2 heterocycles. The Kier molecular flexibility index (Phi) is 8.24. The van der Waals surface area contributed by atoms with Crippen LogP contribution in [-0.4, -0.2) is 80.4 Å². The number of ether oxygens (including phenoxy) is 2. The van der Waals surface area contributed by atoms with Crippen molar-refractivity contribution >= 4 is 37.9 Å². The Labute approximate surface area is 182 Å². The van der Waals surface area contributed by atoms with Crippen LogP contribution in [0.25, 0.3) is 0 Å². The average molecular weight is 488 g/mol. The second-order valence-corrected chi connectivity index (χ2v) is 10.4. The molecule has 0 amide bonds. The molecule has 3 atom stereocenters. The van der Waals surface area contributed by atoms with Crippen molar-refractivity contribution < 1.29 is 29.3 Å². The number of aliphatic hydroxyl groups excluding tert-OH is 1. The molecule has 3 rings (SSSR count). The molecule has 1 unspecified atom stereocenters. The first-order valence-electron chi connectivity index (χ1n) is 9.93. The summed E-state index contributed by atoms with van der Waals surface area (Å²) in [6, 6.07) is 3.34. The van der Waals surface area contributed by atoms with Gasteiger partial charge in [0.1, 0.15) is 0 Å². The number of rotatable bonds is 8. The van der Waals surface area contributed by atoms with Gasteiger partial charge in [-0.05, 0) is 0 Å². The molecule has 2 aliphatic rings. The molecule has 7 nitrogen and oxygen atoms in total. The average Bonchev–Trinajstić information content (AvgIpc) is 2.91. The number of hydrogen-bond acceptors (Lipinski definition) is 6. The number of hydrogen-bond donors (Lipinski definition) is 2. The Morgan fingerprint density at radius 1 is 1.28 bits per heavy atom. The van der Waals surface area contributed by atoms with E-state index in [0.717, 1.165) is 19.4 Å². The van der Waals surface area contributed by atoms with Gasteiger partial charge in [-0.2, -0.15) is 0 Å². The van der Waals surface area contributed by atoms with Gasteiger partial charge >= 0.3 is 182 Å². The molecule has 0 spiro atoms. The number of β-amino-alcohol motifs (C(OH)–C–C–N with tert-alkyl or cyclic N) is 1. The number of halogens is 1. The summed E-state index contributed by atoms with van der Waals surface area (Å²) in [4.78, 5) is 25.7. The fourth-order valence-electron chi connectivity index (χ4n) is 3.67. The maximum absolute atomic E-state index is 12.9. The minimum absolute atomic E-state index is 0.0605. The number of fused-ring (bicyclic) bond motifs is 1. The van der Waals surface area contributed by atoms with E-state index >= 15 is 0 Å². The van der Waals surface area contributed by atoms with E-state index in [1.807, 2.05) is 0 Å². The molecule has 29 heavy (non-hydrogen) atoms. The quantitative estimate of drug-likeness (QED) is 0.542. The van der Waals surface area contributed by atoms with Gasteiger partial charge in [-0.1, -0.05) is 0 Å². The zero-order chi connectivity index (χ0) is 20.8. The first-order valence-corrected chi connectivity index (χ1v) is 12.8. The Balaban J connectivity index is 1.54. The van der Waals surface area contributed by atoms with Crippen molar-refractivity contribution in [2.75, 3.05) is 32.8 Å². The molecule has 2 N–H and O–H groups in total. The number of benzene rings is 1. The summed E-state index contributed by atoms with van der Waals surface area (Å²) in [5.74, 6) is 0.330. The van der Waals surface area contributed by atoms with Gasteiger partial charge in [0.05, 0.1) is 0 Å². The molecule has 0 bridgehead atoms. The Morgan fingerprint density at radius 3 is 2.83 bits per heavy atom. The summed E-state index contributed by atoms with van der Waals surface area (Å²) in [5.41, 5.74) is 0.495. The molecule has 1 saturated heterocycles. The Morgan fingerprint density at radius 2 is 2.07 bits per heavy atom. The molecule has 9 heteroatoms. The van der Waals surface area contributed by atoms with Gasteiger partial charge in [0.2, 0.25) is 0 Å². The fraction of sp³-hybridized carbons (Fsp3) is 0.600. The number of carbonyl (C=O) groups excluding carboxylic acids is 1. The van der Waals surface area contributed by atoms with Crippen LogP contribution in [0.1, 0.15) is 36.0 Å². The monoisotopic (exact) mass is 487 g/mol. The predicted octanol–water partition coefficient (Wildman–Crippen LogP) is 2.04. The summed E-state index contributed by atoms with van der Waals surface area (Å²) >= 11 is 5.19. The third-order valence-electron chi connectivity index (χ3n) is 5.25. The van der Waals surface area contributed by atoms with Crippen molar-refractivity contribution in [3.63, 3.8) is 0 Å². The minimum atomic E-state index is -0.987. The summed E-state index contributed by atoms with van der Waals surface area (Å²) in [5, 5.41) is 20.4. The Hall–Kier alpha value is -1.27. The molecular formula is C20H27AsClNO6. The van der Waals surface area contributed by atoms with Gasteiger partial charge in [-0.25, -0.2) is 0 Å². The maximum atomic E-state index is 12.9. The van der Waals surface area contributed by atoms with E-state index in [4.69, 9.17) is 26.2 Å². The molecule has 0 radical (unpaired) electrons. The number of carboxylic acid groups (broad SMARTS) is 1. The Bertz CT molecular complexity index is 746. The number of carbonyl (C=O) groups is 2. The zero-order valence-corrected chi connectivity index (χ0v) is 19.1. The van der Waals surface area contributed by atoms with Gasteiger partial charge in [0.25, 0.3) is 0 Å². The van der Waals surface area contributed by atoms with E-state index in [0.29, 0.717) is 60.0 Å². The first kappa shape index (κ1) is 22.4. The summed E-state index contributed by atoms with van der Waals surface area (Å²) in [7, 11) is 0. The standard InChI is InChI=1S/C20H27AsClNO6/c22-14-9-15(19-17(10-14)28-7-2-8-29-19)20(27)21-11-13-4-6-23(12-16(13)24)5-1-3-18(25)26/h9-10,13,16,21,24H,1-8,11-12H2,(H,25,26)/t13-,16+/m0/s1. The van der Waals surface area contributed by atoms with E-state index in [9.17, 15) is 14.7 Å². The number of aliphatic carboxylic acids is 1. The van der Waals surface area contributed by atoms with E-state index in [2.05, 4.69) is 4.90 Å². The van der Waals surface area contributed by atoms with Crippen molar-refractivity contribution in [2.24, 2.45) is 5.92 Å². The number of carboxylic acids is 1. The van der Waals surface area contributed by atoms with Crippen LogP contribution in [0.15, 0.2) is 12.1 Å². The molecule has 0 saturated carbocycles. The van der Waals surface area contributed by atoms with E-state index < -0.39 is 27.8 Å². The SMILES string of the molecule is O=C(O)CCCN1CC[C@@H](C[AsH]C(=O)c2cc(Cl)cc3c2OCCCO3)[C@H](O)C1. The van der Waals surface area contributed by atoms with Crippen LogP contribution in [-0.2, 0) is 4.79 Å². The summed E-state index contributed by atoms with van der Waals surface area (Å²) < 4.78 is 11.5. The van der Waals surface area contributed by atoms with E-state index in [1.54, 1.807) is 12.1 Å². The first-order chi connectivity index (χ1) is 13.9. The van der Waals surface area contributed by atoms with Crippen LogP contribution in [0.5, 0.6) is 11.5 Å². The normalized spacial score (nSPS) is 22.6. The number of aliphatic hydroxyl groups is 1. The van der Waals surface area contributed by atoms with Crippen LogP contribution >= 0.6 is 11.6 Å². The molecule has 2 aliphatic heterocycles. The van der Waals surface area contributed by atoms with Gasteiger partial charge < -0.3 is 0 Å². The number of piperidine rings is 1. The molecule has 0 aromatic heterocycles. The van der Waals surface area contributed by atoms with Crippen molar-refractivity contribution in [3.8, 4) is 11.5 Å². The third kappa shape index (κ3) is 6.35. The van der Waals surface area contributed by atoms with Gasteiger partial charge in [0, 0.05) is 0 Å². The van der Waals surface area contributed by atoms with Crippen molar-refractivity contribution in [2.45, 2.75) is 37.0 Å². The van der Waals surface area contributed by atoms with Crippen molar-refractivity contribution in [1.29, 1.82) is 0 Å². The van der Waals surface area contributed by atoms with Gasteiger partial charge in [-0.15, -0.1) is 0 Å². The van der Waals surface area contributed by atoms with Crippen LogP contribution in [0, 0.1) is 5.92 Å². The molecule has 160 valence electrons. The van der Waals surface area contributed by atoms with E-state index in [1.165, 1.54) is 0 Å². The number of likely N-dealkylation sites (tertiary alicyclic amines) is 1. The van der Waals surface area contributed by atoms with Crippen molar-refractivity contribution in [3.05, 3.63) is 22.7 Å². The third-order valence-corrected chi connectivity index (χ3v) is 8.24. The van der Waals surface area contributed by atoms with Crippen LogP contribution in [0.4, 0.5) is 0 Å². The second-order valence-electron chi connectivity index (χ2n) is 7.46. The molecule has 0 aliphatic carbocycles. The summed E-state index contributed by atoms with van der Waals surface area (Å²) in [6.07, 6.45) is 1.82. The second kappa shape index (κ2) is 10.7. The van der Waals surface area contributed by atoms with E-state index in [-0.39, 0.29) is 16.9 Å². The van der Waals surface area contributed by atoms with Gasteiger partial charge in [0.15, 0.2) is 0 Å². The van der Waals surface area contributed by atoms with Crippen LogP contribution < -0.4 is 9.47 Å². The predicted molar refractivity (Wildman–Crippen MR) is 111 cm³/mol. The number of nitrogens with zero attached hydrogens (tertiary/aromatic N) is 1. The van der Waals surface area contributed by atoms with Crippen LogP contribution in [0.3, 0.4) is 0 Å². The van der Waals surface area contributed by atoms with Gasteiger partial charge in [-0.3, -0.25) is 0 Å². The molecule has 1 fully saturated rings. The topological polar surface area (TPSA) is 96.3 Å². The van der Waals surface area contributed by atoms with Crippen LogP contribution in [0.2, 0.25) is 10.2 Å². The molecule has 1 aromatic carbocycles. The zero-order valence-electron chi connectivity index (χ0n) is 16.2.